The Morgan fingerprint density at radius 3 is 2.59 bits per heavy atom. The van der Waals surface area contributed by atoms with Crippen molar-refractivity contribution in [3.05, 3.63) is 80.9 Å². The zero-order chi connectivity index (χ0) is 24.2. The second kappa shape index (κ2) is 9.93. The van der Waals surface area contributed by atoms with Crippen LogP contribution in [0.5, 0.6) is 11.7 Å². The maximum absolute atomic E-state index is 12.8. The van der Waals surface area contributed by atoms with Gasteiger partial charge in [-0.15, -0.1) is 10.2 Å². The van der Waals surface area contributed by atoms with Crippen LogP contribution in [0.2, 0.25) is 5.02 Å². The maximum Gasteiger partial charge on any atom is 0.307 e. The van der Waals surface area contributed by atoms with Crippen LogP contribution in [0.15, 0.2) is 63.0 Å². The molecule has 13 heteroatoms. The first kappa shape index (κ1) is 23.3. The number of Topliss-reactive ketones (excluding diaryl/α,β-unsaturated/α-hetero) is 1. The van der Waals surface area contributed by atoms with E-state index < -0.39 is 17.3 Å². The largest absolute Gasteiger partial charge is 0.539 e. The van der Waals surface area contributed by atoms with Gasteiger partial charge in [0.05, 0.1) is 18.1 Å². The Morgan fingerprint density at radius 2 is 1.91 bits per heavy atom. The van der Waals surface area contributed by atoms with E-state index in [2.05, 4.69) is 20.0 Å². The Balaban J connectivity index is 1.50. The van der Waals surface area contributed by atoms with Gasteiger partial charge in [-0.3, -0.25) is 9.59 Å². The molecule has 2 aromatic heterocycles. The van der Waals surface area contributed by atoms with Gasteiger partial charge in [0.2, 0.25) is 16.6 Å². The zero-order valence-corrected chi connectivity index (χ0v) is 19.2. The van der Waals surface area contributed by atoms with Crippen LogP contribution in [-0.2, 0) is 6.42 Å². The number of thioether (sulfide) groups is 1. The maximum atomic E-state index is 12.8. The normalized spacial score (nSPS) is 10.9. The Labute approximate surface area is 201 Å². The third-order valence-electron chi connectivity index (χ3n) is 4.74. The minimum absolute atomic E-state index is 0.0121. The highest BCUT2D eigenvalue weighted by molar-refractivity contribution is 7.99. The summed E-state index contributed by atoms with van der Waals surface area (Å²) in [6.45, 7) is 0. The standard InChI is InChI=1S/C21H17ClN6O5S/c1-32-15-8-6-14(7-9-15)28-18(20(31)33-26-28)17(29)11-34-21-25-24-16(19(30)27(21)23)10-12-2-4-13(22)5-3-12/h2-9H,10-11,23H2,1H3. The molecule has 11 nitrogen and oxygen atoms in total. The van der Waals surface area contributed by atoms with E-state index in [0.717, 1.165) is 26.7 Å². The van der Waals surface area contributed by atoms with Gasteiger partial charge in [-0.2, -0.15) is 4.68 Å². The highest BCUT2D eigenvalue weighted by Gasteiger charge is 2.28. The van der Waals surface area contributed by atoms with Crippen LogP contribution in [0.3, 0.4) is 0 Å². The Hall–Kier alpha value is -3.90. The van der Waals surface area contributed by atoms with Crippen LogP contribution >= 0.6 is 23.4 Å². The van der Waals surface area contributed by atoms with Crippen LogP contribution in [0.1, 0.15) is 21.7 Å². The summed E-state index contributed by atoms with van der Waals surface area (Å²) >= 11 is 6.73. The van der Waals surface area contributed by atoms with Gasteiger partial charge in [-0.25, -0.2) is 0 Å². The first-order chi connectivity index (χ1) is 16.4. The van der Waals surface area contributed by atoms with E-state index >= 15 is 0 Å². The van der Waals surface area contributed by atoms with Crippen molar-refractivity contribution in [1.82, 2.24) is 20.1 Å². The molecular formula is C21H17ClN6O5S. The molecule has 2 aromatic carbocycles. The number of halogens is 1. The average Bonchev–Trinajstić information content (AvgIpc) is 3.24. The number of aromatic nitrogens is 5. The van der Waals surface area contributed by atoms with E-state index in [4.69, 9.17) is 22.2 Å². The van der Waals surface area contributed by atoms with Gasteiger partial charge in [0.1, 0.15) is 11.4 Å². The summed E-state index contributed by atoms with van der Waals surface area (Å²) in [5.41, 5.74) is 0.546. The quantitative estimate of drug-likeness (QED) is 0.160. The molecule has 0 saturated heterocycles. The molecule has 0 amide bonds. The van der Waals surface area contributed by atoms with Crippen LogP contribution in [0.4, 0.5) is 0 Å². The van der Waals surface area contributed by atoms with Crippen molar-refractivity contribution in [3.8, 4) is 17.4 Å². The summed E-state index contributed by atoms with van der Waals surface area (Å²) in [4.78, 5) is 25.4. The second-order valence-electron chi connectivity index (χ2n) is 6.94. The zero-order valence-electron chi connectivity index (χ0n) is 17.7. The summed E-state index contributed by atoms with van der Waals surface area (Å²) < 4.78 is 11.7. The van der Waals surface area contributed by atoms with E-state index in [-0.39, 0.29) is 28.7 Å². The van der Waals surface area contributed by atoms with Gasteiger partial charge in [0, 0.05) is 23.6 Å². The molecule has 2 heterocycles. The Bertz CT molecular complexity index is 1390. The van der Waals surface area contributed by atoms with Crippen LogP contribution in [0, 0.1) is 0 Å². The van der Waals surface area contributed by atoms with E-state index in [1.165, 1.54) is 7.11 Å². The summed E-state index contributed by atoms with van der Waals surface area (Å²) in [5.74, 6) is 4.74. The summed E-state index contributed by atoms with van der Waals surface area (Å²) in [7, 11) is 1.52. The molecule has 174 valence electrons. The Kier molecular flexibility index (Phi) is 6.80. The lowest BCUT2D eigenvalue weighted by atomic mass is 10.1. The van der Waals surface area contributed by atoms with Gasteiger partial charge < -0.3 is 20.2 Å². The number of carbonyl (C=O) groups excluding carboxylic acids is 1. The molecule has 2 N–H and O–H groups in total. The van der Waals surface area contributed by atoms with Gasteiger partial charge in [0.25, 0.3) is 5.56 Å². The van der Waals surface area contributed by atoms with Crippen LogP contribution < -0.4 is 25.9 Å². The lowest BCUT2D eigenvalue weighted by Gasteiger charge is -2.07. The van der Waals surface area contributed by atoms with E-state index in [0.29, 0.717) is 16.5 Å². The molecule has 4 aromatic rings. The fraction of sp³-hybridized carbons (Fsp3) is 0.143. The molecular weight excluding hydrogens is 484 g/mol. The minimum Gasteiger partial charge on any atom is -0.539 e. The third-order valence-corrected chi connectivity index (χ3v) is 5.93. The third kappa shape index (κ3) is 4.87. The number of hydrogen-bond acceptors (Lipinski definition) is 10. The number of nitrogens with zero attached hydrogens (tertiary/aromatic N) is 5. The number of nitrogen functional groups attached to an aromatic ring is 1. The molecule has 0 spiro atoms. The van der Waals surface area contributed by atoms with Gasteiger partial charge in [0.15, 0.2) is 5.95 Å². The van der Waals surface area contributed by atoms with Crippen molar-refractivity contribution in [3.63, 3.8) is 0 Å². The number of rotatable bonds is 8. The van der Waals surface area contributed by atoms with Crippen molar-refractivity contribution in [2.24, 2.45) is 0 Å². The topological polar surface area (TPSA) is 153 Å². The Morgan fingerprint density at radius 1 is 1.21 bits per heavy atom. The van der Waals surface area contributed by atoms with Gasteiger partial charge >= 0.3 is 5.69 Å². The van der Waals surface area contributed by atoms with E-state index in [1.807, 2.05) is 0 Å². The fourth-order valence-corrected chi connectivity index (χ4v) is 3.85. The number of nitrogens with two attached hydrogens (primary N) is 1. The number of benzene rings is 2. The molecule has 0 aliphatic heterocycles. The molecule has 0 atom stereocenters. The molecule has 4 rings (SSSR count). The number of carbonyl (C=O) groups is 1. The van der Waals surface area contributed by atoms with Crippen molar-refractivity contribution in [2.75, 3.05) is 18.7 Å². The first-order valence-electron chi connectivity index (χ1n) is 9.75. The van der Waals surface area contributed by atoms with Crippen LogP contribution in [0.25, 0.3) is 5.69 Å². The summed E-state index contributed by atoms with van der Waals surface area (Å²) in [6, 6.07) is 13.5. The van der Waals surface area contributed by atoms with Gasteiger partial charge in [-0.05, 0) is 34.5 Å². The molecule has 0 aliphatic carbocycles. The smallest absolute Gasteiger partial charge is 0.307 e. The van der Waals surface area contributed by atoms with Crippen molar-refractivity contribution < 1.29 is 23.8 Å². The molecule has 0 bridgehead atoms. The number of methoxy groups -OCH3 is 1. The minimum atomic E-state index is -0.893. The predicted octanol–water partition coefficient (Wildman–Crippen LogP) is 0.918. The molecule has 0 fully saturated rings. The molecule has 34 heavy (non-hydrogen) atoms. The van der Waals surface area contributed by atoms with E-state index in [9.17, 15) is 14.7 Å². The monoisotopic (exact) mass is 500 g/mol. The highest BCUT2D eigenvalue weighted by atomic mass is 35.5. The predicted molar refractivity (Wildman–Crippen MR) is 120 cm³/mol. The lowest BCUT2D eigenvalue weighted by Crippen LogP contribution is -2.39. The van der Waals surface area contributed by atoms with Crippen molar-refractivity contribution >= 4 is 29.1 Å². The average molecular weight is 501 g/mol. The van der Waals surface area contributed by atoms with E-state index in [1.54, 1.807) is 48.5 Å². The van der Waals surface area contributed by atoms with Crippen molar-refractivity contribution in [2.45, 2.75) is 11.6 Å². The second-order valence-corrected chi connectivity index (χ2v) is 8.32. The number of hydrogen-bond donors (Lipinski definition) is 1. The number of ether oxygens (including phenoxy) is 1. The first-order valence-corrected chi connectivity index (χ1v) is 11.1. The summed E-state index contributed by atoms with van der Waals surface area (Å²) in [5, 5.41) is 24.3. The molecule has 0 aliphatic rings. The molecule has 0 radical (unpaired) electrons. The van der Waals surface area contributed by atoms with Crippen LogP contribution in [-0.4, -0.2) is 38.8 Å². The molecule has 0 saturated carbocycles. The highest BCUT2D eigenvalue weighted by Crippen LogP contribution is 2.19. The van der Waals surface area contributed by atoms with Crippen molar-refractivity contribution in [1.29, 1.82) is 0 Å². The number of ketones is 1. The SMILES string of the molecule is COc1ccc(-[n+]2noc([O-])c2C(=O)CSc2nnc(Cc3ccc(Cl)cc3)c(=O)n2N)cc1. The van der Waals surface area contributed by atoms with Gasteiger partial charge in [-0.1, -0.05) is 35.5 Å². The fourth-order valence-electron chi connectivity index (χ4n) is 3.00. The summed E-state index contributed by atoms with van der Waals surface area (Å²) in [6.07, 6.45) is 0.214. The lowest BCUT2D eigenvalue weighted by molar-refractivity contribution is -0.672. The molecule has 0 unspecified atom stereocenters.